The molecule has 0 spiro atoms. The molecule has 0 heterocycles. The lowest BCUT2D eigenvalue weighted by Gasteiger charge is -2.13. The lowest BCUT2D eigenvalue weighted by atomic mass is 10.1. The van der Waals surface area contributed by atoms with E-state index < -0.39 is 0 Å². The summed E-state index contributed by atoms with van der Waals surface area (Å²) in [5.41, 5.74) is 2.44. The van der Waals surface area contributed by atoms with Gasteiger partial charge in [-0.3, -0.25) is 4.79 Å². The maximum absolute atomic E-state index is 11.5. The zero-order valence-electron chi connectivity index (χ0n) is 12.3. The molecular formula is C17H17ClO3. The van der Waals surface area contributed by atoms with Crippen molar-refractivity contribution in [2.75, 3.05) is 7.11 Å². The molecule has 0 aliphatic rings. The summed E-state index contributed by atoms with van der Waals surface area (Å²) >= 11 is 5.92. The van der Waals surface area contributed by atoms with Gasteiger partial charge in [-0.2, -0.15) is 0 Å². The second-order valence-electron chi connectivity index (χ2n) is 4.78. The average Bonchev–Trinajstić information content (AvgIpc) is 2.46. The van der Waals surface area contributed by atoms with Crippen LogP contribution in [0.1, 0.15) is 28.4 Å². The van der Waals surface area contributed by atoms with Crippen LogP contribution in [0.4, 0.5) is 0 Å². The standard InChI is InChI=1S/C17H17ClO3/c1-11-8-15(18)5-7-16(11)21-10-14-9-13(12(2)19)4-6-17(14)20-3/h4-9H,10H2,1-3H3. The fourth-order valence-corrected chi connectivity index (χ4v) is 2.27. The lowest BCUT2D eigenvalue weighted by molar-refractivity contribution is 0.101. The number of rotatable bonds is 5. The van der Waals surface area contributed by atoms with E-state index in [1.165, 1.54) is 6.92 Å². The van der Waals surface area contributed by atoms with E-state index in [-0.39, 0.29) is 5.78 Å². The highest BCUT2D eigenvalue weighted by Crippen LogP contribution is 2.25. The smallest absolute Gasteiger partial charge is 0.159 e. The Balaban J connectivity index is 2.22. The van der Waals surface area contributed by atoms with Gasteiger partial charge in [-0.05, 0) is 55.8 Å². The molecule has 3 nitrogen and oxygen atoms in total. The third-order valence-corrected chi connectivity index (χ3v) is 3.44. The molecule has 21 heavy (non-hydrogen) atoms. The number of hydrogen-bond donors (Lipinski definition) is 0. The Morgan fingerprint density at radius 1 is 1.14 bits per heavy atom. The van der Waals surface area contributed by atoms with E-state index in [0.717, 1.165) is 16.9 Å². The topological polar surface area (TPSA) is 35.5 Å². The van der Waals surface area contributed by atoms with Gasteiger partial charge in [-0.25, -0.2) is 0 Å². The van der Waals surface area contributed by atoms with Gasteiger partial charge in [0.25, 0.3) is 0 Å². The first kappa shape index (κ1) is 15.4. The van der Waals surface area contributed by atoms with Crippen molar-refractivity contribution < 1.29 is 14.3 Å². The molecule has 0 aliphatic heterocycles. The number of carbonyl (C=O) groups is 1. The van der Waals surface area contributed by atoms with Crippen LogP contribution in [-0.4, -0.2) is 12.9 Å². The number of halogens is 1. The van der Waals surface area contributed by atoms with Crippen molar-refractivity contribution in [2.45, 2.75) is 20.5 Å². The molecule has 0 radical (unpaired) electrons. The Hall–Kier alpha value is -2.00. The first-order valence-corrected chi connectivity index (χ1v) is 6.96. The summed E-state index contributed by atoms with van der Waals surface area (Å²) in [4.78, 5) is 11.5. The van der Waals surface area contributed by atoms with Gasteiger partial charge in [-0.1, -0.05) is 11.6 Å². The quantitative estimate of drug-likeness (QED) is 0.766. The molecule has 2 aromatic rings. The van der Waals surface area contributed by atoms with Gasteiger partial charge in [-0.15, -0.1) is 0 Å². The summed E-state index contributed by atoms with van der Waals surface area (Å²) < 4.78 is 11.1. The molecule has 110 valence electrons. The van der Waals surface area contributed by atoms with Crippen molar-refractivity contribution in [3.8, 4) is 11.5 Å². The number of aryl methyl sites for hydroxylation is 1. The Morgan fingerprint density at radius 2 is 1.86 bits per heavy atom. The number of ketones is 1. The van der Waals surface area contributed by atoms with Crippen LogP contribution < -0.4 is 9.47 Å². The SMILES string of the molecule is COc1ccc(C(C)=O)cc1COc1ccc(Cl)cc1C. The first-order chi connectivity index (χ1) is 10.0. The Kier molecular flexibility index (Phi) is 4.86. The maximum Gasteiger partial charge on any atom is 0.159 e. The van der Waals surface area contributed by atoms with E-state index in [9.17, 15) is 4.79 Å². The molecular weight excluding hydrogens is 288 g/mol. The number of ether oxygens (including phenoxy) is 2. The molecule has 0 saturated heterocycles. The summed E-state index contributed by atoms with van der Waals surface area (Å²) in [5, 5.41) is 0.677. The highest BCUT2D eigenvalue weighted by atomic mass is 35.5. The molecule has 0 fully saturated rings. The monoisotopic (exact) mass is 304 g/mol. The largest absolute Gasteiger partial charge is 0.496 e. The second kappa shape index (κ2) is 6.64. The third kappa shape index (κ3) is 3.76. The minimum absolute atomic E-state index is 0.0153. The van der Waals surface area contributed by atoms with Crippen LogP contribution in [0.5, 0.6) is 11.5 Å². The predicted molar refractivity (Wildman–Crippen MR) is 83.5 cm³/mol. The molecule has 0 atom stereocenters. The molecule has 0 aliphatic carbocycles. The highest BCUT2D eigenvalue weighted by Gasteiger charge is 2.09. The van der Waals surface area contributed by atoms with Gasteiger partial charge in [0.05, 0.1) is 7.11 Å². The summed E-state index contributed by atoms with van der Waals surface area (Å²) in [6, 6.07) is 10.8. The van der Waals surface area contributed by atoms with Crippen molar-refractivity contribution in [1.82, 2.24) is 0 Å². The minimum Gasteiger partial charge on any atom is -0.496 e. The Bertz CT molecular complexity index is 665. The van der Waals surface area contributed by atoms with Crippen molar-refractivity contribution in [3.63, 3.8) is 0 Å². The molecule has 2 aromatic carbocycles. The van der Waals surface area contributed by atoms with E-state index in [1.54, 1.807) is 31.4 Å². The number of methoxy groups -OCH3 is 1. The molecule has 4 heteroatoms. The molecule has 0 N–H and O–H groups in total. The van der Waals surface area contributed by atoms with Crippen LogP contribution in [0, 0.1) is 6.92 Å². The summed E-state index contributed by atoms with van der Waals surface area (Å²) in [6.45, 7) is 3.80. The van der Waals surface area contributed by atoms with Crippen LogP contribution in [0.2, 0.25) is 5.02 Å². The number of benzene rings is 2. The zero-order valence-corrected chi connectivity index (χ0v) is 13.0. The minimum atomic E-state index is 0.0153. The van der Waals surface area contributed by atoms with Crippen LogP contribution in [0.25, 0.3) is 0 Å². The van der Waals surface area contributed by atoms with Crippen molar-refractivity contribution in [3.05, 3.63) is 58.1 Å². The van der Waals surface area contributed by atoms with Gasteiger partial charge < -0.3 is 9.47 Å². The summed E-state index contributed by atoms with van der Waals surface area (Å²) in [6.07, 6.45) is 0. The number of hydrogen-bond acceptors (Lipinski definition) is 3. The first-order valence-electron chi connectivity index (χ1n) is 6.58. The normalized spacial score (nSPS) is 10.3. The van der Waals surface area contributed by atoms with Gasteiger partial charge >= 0.3 is 0 Å². The van der Waals surface area contributed by atoms with Gasteiger partial charge in [0.1, 0.15) is 18.1 Å². The molecule has 0 saturated carbocycles. The summed E-state index contributed by atoms with van der Waals surface area (Å²) in [5.74, 6) is 1.47. The third-order valence-electron chi connectivity index (χ3n) is 3.21. The molecule has 0 amide bonds. The van der Waals surface area contributed by atoms with Crippen molar-refractivity contribution in [1.29, 1.82) is 0 Å². The van der Waals surface area contributed by atoms with Crippen molar-refractivity contribution in [2.24, 2.45) is 0 Å². The van der Waals surface area contributed by atoms with E-state index in [1.807, 2.05) is 19.1 Å². The van der Waals surface area contributed by atoms with E-state index in [2.05, 4.69) is 0 Å². The van der Waals surface area contributed by atoms with Gasteiger partial charge in [0.15, 0.2) is 5.78 Å². The van der Waals surface area contributed by atoms with E-state index in [4.69, 9.17) is 21.1 Å². The van der Waals surface area contributed by atoms with Gasteiger partial charge in [0, 0.05) is 16.1 Å². The number of Topliss-reactive ketones (excluding diaryl/α,β-unsaturated/α-hetero) is 1. The molecule has 0 aromatic heterocycles. The zero-order chi connectivity index (χ0) is 15.4. The Labute approximate surface area is 129 Å². The Morgan fingerprint density at radius 3 is 2.48 bits per heavy atom. The average molecular weight is 305 g/mol. The van der Waals surface area contributed by atoms with Crippen LogP contribution >= 0.6 is 11.6 Å². The fourth-order valence-electron chi connectivity index (χ4n) is 2.04. The number of carbonyl (C=O) groups excluding carboxylic acids is 1. The second-order valence-corrected chi connectivity index (χ2v) is 5.22. The van der Waals surface area contributed by atoms with Crippen LogP contribution in [0.3, 0.4) is 0 Å². The maximum atomic E-state index is 11.5. The predicted octanol–water partition coefficient (Wildman–Crippen LogP) is 4.44. The van der Waals surface area contributed by atoms with Crippen LogP contribution in [0.15, 0.2) is 36.4 Å². The molecule has 0 unspecified atom stereocenters. The molecule has 0 bridgehead atoms. The lowest BCUT2D eigenvalue weighted by Crippen LogP contribution is -2.02. The summed E-state index contributed by atoms with van der Waals surface area (Å²) in [7, 11) is 1.60. The van der Waals surface area contributed by atoms with Crippen LogP contribution in [-0.2, 0) is 6.61 Å². The van der Waals surface area contributed by atoms with E-state index in [0.29, 0.717) is 22.9 Å². The highest BCUT2D eigenvalue weighted by molar-refractivity contribution is 6.30. The van der Waals surface area contributed by atoms with Crippen molar-refractivity contribution >= 4 is 17.4 Å². The fraction of sp³-hybridized carbons (Fsp3) is 0.235. The van der Waals surface area contributed by atoms with Gasteiger partial charge in [0.2, 0.25) is 0 Å². The molecule has 2 rings (SSSR count). The van der Waals surface area contributed by atoms with E-state index >= 15 is 0 Å².